The Balaban J connectivity index is 1.83. The normalized spacial score (nSPS) is 16.9. The van der Waals surface area contributed by atoms with Gasteiger partial charge in [-0.1, -0.05) is 18.2 Å². The highest BCUT2D eigenvalue weighted by atomic mass is 16.3. The second-order valence-electron chi connectivity index (χ2n) is 5.04. The molecule has 0 unspecified atom stereocenters. The zero-order valence-corrected chi connectivity index (χ0v) is 10.5. The van der Waals surface area contributed by atoms with Gasteiger partial charge in [0, 0.05) is 12.1 Å². The molecule has 0 saturated heterocycles. The molecule has 1 aliphatic rings. The maximum atomic E-state index is 11.8. The van der Waals surface area contributed by atoms with Crippen LogP contribution >= 0.6 is 0 Å². The zero-order valence-electron chi connectivity index (χ0n) is 10.5. The third-order valence-electron chi connectivity index (χ3n) is 3.69. The van der Waals surface area contributed by atoms with E-state index < -0.39 is 0 Å². The van der Waals surface area contributed by atoms with E-state index in [0.29, 0.717) is 12.8 Å². The van der Waals surface area contributed by atoms with Crippen molar-refractivity contribution in [3.8, 4) is 0 Å². The minimum Gasteiger partial charge on any atom is -0.399 e. The number of para-hydroxylation sites is 1. The maximum Gasteiger partial charge on any atom is 0.220 e. The lowest BCUT2D eigenvalue weighted by Crippen LogP contribution is -2.56. The predicted octanol–water partition coefficient (Wildman–Crippen LogP) is 1.23. The predicted molar refractivity (Wildman–Crippen MR) is 71.0 cm³/mol. The number of rotatable bonds is 5. The van der Waals surface area contributed by atoms with Gasteiger partial charge in [0.25, 0.3) is 0 Å². The SMILES string of the molecule is Nc1ccccc1CCC(=O)NC1(CO)CCC1. The van der Waals surface area contributed by atoms with Crippen molar-refractivity contribution >= 4 is 11.6 Å². The highest BCUT2D eigenvalue weighted by molar-refractivity contribution is 5.77. The fourth-order valence-electron chi connectivity index (χ4n) is 2.29. The molecule has 98 valence electrons. The lowest BCUT2D eigenvalue weighted by atomic mass is 9.77. The number of amides is 1. The van der Waals surface area contributed by atoms with E-state index in [0.717, 1.165) is 30.5 Å². The molecular formula is C14H20N2O2. The number of nitrogens with one attached hydrogen (secondary N) is 1. The van der Waals surface area contributed by atoms with Crippen molar-refractivity contribution in [2.75, 3.05) is 12.3 Å². The Morgan fingerprint density at radius 1 is 1.39 bits per heavy atom. The third-order valence-corrected chi connectivity index (χ3v) is 3.69. The van der Waals surface area contributed by atoms with Gasteiger partial charge in [-0.05, 0) is 37.3 Å². The summed E-state index contributed by atoms with van der Waals surface area (Å²) in [5, 5.41) is 12.2. The second kappa shape index (κ2) is 5.40. The summed E-state index contributed by atoms with van der Waals surface area (Å²) in [5.74, 6) is -0.00740. The fraction of sp³-hybridized carbons (Fsp3) is 0.500. The minimum absolute atomic E-state index is 0.00740. The van der Waals surface area contributed by atoms with E-state index in [1.54, 1.807) is 0 Å². The van der Waals surface area contributed by atoms with Crippen LogP contribution < -0.4 is 11.1 Å². The number of hydrogen-bond donors (Lipinski definition) is 3. The molecule has 4 N–H and O–H groups in total. The average Bonchev–Trinajstić information content (AvgIpc) is 2.33. The van der Waals surface area contributed by atoms with Crippen LogP contribution in [0.25, 0.3) is 0 Å². The van der Waals surface area contributed by atoms with E-state index >= 15 is 0 Å². The lowest BCUT2D eigenvalue weighted by Gasteiger charge is -2.41. The third kappa shape index (κ3) is 2.82. The van der Waals surface area contributed by atoms with Crippen LogP contribution in [0.3, 0.4) is 0 Å². The van der Waals surface area contributed by atoms with Gasteiger partial charge in [-0.3, -0.25) is 4.79 Å². The first-order valence-corrected chi connectivity index (χ1v) is 6.40. The summed E-state index contributed by atoms with van der Waals surface area (Å²) in [6, 6.07) is 7.58. The number of nitrogen functional groups attached to an aromatic ring is 1. The van der Waals surface area contributed by atoms with E-state index in [1.165, 1.54) is 0 Å². The standard InChI is InChI=1S/C14H20N2O2/c15-12-5-2-1-4-11(12)6-7-13(18)16-14(10-17)8-3-9-14/h1-2,4-5,17H,3,6-10,15H2,(H,16,18). The van der Waals surface area contributed by atoms with Crippen molar-refractivity contribution in [3.63, 3.8) is 0 Å². The Kier molecular flexibility index (Phi) is 3.87. The number of aliphatic hydroxyl groups is 1. The maximum absolute atomic E-state index is 11.8. The number of benzene rings is 1. The summed E-state index contributed by atoms with van der Waals surface area (Å²) in [6.45, 7) is 0.0339. The first-order chi connectivity index (χ1) is 8.65. The molecule has 4 nitrogen and oxygen atoms in total. The number of hydrogen-bond acceptors (Lipinski definition) is 3. The van der Waals surface area contributed by atoms with Gasteiger partial charge in [-0.2, -0.15) is 0 Å². The van der Waals surface area contributed by atoms with E-state index in [1.807, 2.05) is 24.3 Å². The van der Waals surface area contributed by atoms with Crippen LogP contribution in [-0.4, -0.2) is 23.2 Å². The molecule has 0 radical (unpaired) electrons. The number of aliphatic hydroxyl groups excluding tert-OH is 1. The van der Waals surface area contributed by atoms with Gasteiger partial charge in [0.05, 0.1) is 12.1 Å². The molecule has 18 heavy (non-hydrogen) atoms. The monoisotopic (exact) mass is 248 g/mol. The van der Waals surface area contributed by atoms with Crippen LogP contribution in [0, 0.1) is 0 Å². The molecule has 0 heterocycles. The van der Waals surface area contributed by atoms with Crippen LogP contribution in [0.4, 0.5) is 5.69 Å². The molecule has 0 bridgehead atoms. The largest absolute Gasteiger partial charge is 0.399 e. The molecule has 0 aromatic heterocycles. The van der Waals surface area contributed by atoms with Gasteiger partial charge in [-0.25, -0.2) is 0 Å². The van der Waals surface area contributed by atoms with Crippen LogP contribution in [0.5, 0.6) is 0 Å². The van der Waals surface area contributed by atoms with Gasteiger partial charge in [-0.15, -0.1) is 0 Å². The Morgan fingerprint density at radius 2 is 2.11 bits per heavy atom. The Bertz CT molecular complexity index is 422. The number of aryl methyl sites for hydroxylation is 1. The van der Waals surface area contributed by atoms with Gasteiger partial charge in [0.15, 0.2) is 0 Å². The first kappa shape index (κ1) is 12.9. The quantitative estimate of drug-likeness (QED) is 0.686. The summed E-state index contributed by atoms with van der Waals surface area (Å²) >= 11 is 0. The topological polar surface area (TPSA) is 75.4 Å². The Hall–Kier alpha value is -1.55. The zero-order chi connectivity index (χ0) is 13.0. The van der Waals surface area contributed by atoms with Crippen molar-refractivity contribution in [1.29, 1.82) is 0 Å². The summed E-state index contributed by atoms with van der Waals surface area (Å²) in [5.41, 5.74) is 7.20. The smallest absolute Gasteiger partial charge is 0.220 e. The summed E-state index contributed by atoms with van der Waals surface area (Å²) in [7, 11) is 0. The van der Waals surface area contributed by atoms with E-state index in [9.17, 15) is 9.90 Å². The molecule has 1 aliphatic carbocycles. The molecular weight excluding hydrogens is 228 g/mol. The number of carbonyl (C=O) groups excluding carboxylic acids is 1. The van der Waals surface area contributed by atoms with Gasteiger partial charge in [0.2, 0.25) is 5.91 Å². The van der Waals surface area contributed by atoms with Gasteiger partial charge in [0.1, 0.15) is 0 Å². The molecule has 1 saturated carbocycles. The van der Waals surface area contributed by atoms with Crippen LogP contribution in [0.1, 0.15) is 31.2 Å². The van der Waals surface area contributed by atoms with Crippen molar-refractivity contribution < 1.29 is 9.90 Å². The summed E-state index contributed by atoms with van der Waals surface area (Å²) < 4.78 is 0. The molecule has 1 aromatic carbocycles. The number of nitrogens with two attached hydrogens (primary N) is 1. The number of carbonyl (C=O) groups is 1. The molecule has 1 aromatic rings. The molecule has 4 heteroatoms. The average molecular weight is 248 g/mol. The van der Waals surface area contributed by atoms with Crippen molar-refractivity contribution in [2.45, 2.75) is 37.6 Å². The first-order valence-electron chi connectivity index (χ1n) is 6.40. The summed E-state index contributed by atoms with van der Waals surface area (Å²) in [4.78, 5) is 11.8. The Labute approximate surface area is 107 Å². The second-order valence-corrected chi connectivity index (χ2v) is 5.04. The minimum atomic E-state index is -0.348. The Morgan fingerprint density at radius 3 is 2.67 bits per heavy atom. The van der Waals surface area contributed by atoms with Crippen LogP contribution in [0.15, 0.2) is 24.3 Å². The molecule has 0 aliphatic heterocycles. The molecule has 0 atom stereocenters. The number of anilines is 1. The fourth-order valence-corrected chi connectivity index (χ4v) is 2.29. The summed E-state index contributed by atoms with van der Waals surface area (Å²) in [6.07, 6.45) is 3.88. The van der Waals surface area contributed by atoms with Crippen LogP contribution in [0.2, 0.25) is 0 Å². The van der Waals surface area contributed by atoms with Crippen molar-refractivity contribution in [1.82, 2.24) is 5.32 Å². The van der Waals surface area contributed by atoms with E-state index in [-0.39, 0.29) is 18.1 Å². The van der Waals surface area contributed by atoms with E-state index in [2.05, 4.69) is 5.32 Å². The van der Waals surface area contributed by atoms with Gasteiger partial charge < -0.3 is 16.2 Å². The van der Waals surface area contributed by atoms with Crippen LogP contribution in [-0.2, 0) is 11.2 Å². The molecule has 1 fully saturated rings. The van der Waals surface area contributed by atoms with E-state index in [4.69, 9.17) is 5.73 Å². The highest BCUT2D eigenvalue weighted by Gasteiger charge is 2.37. The van der Waals surface area contributed by atoms with Crippen molar-refractivity contribution in [3.05, 3.63) is 29.8 Å². The molecule has 2 rings (SSSR count). The van der Waals surface area contributed by atoms with Gasteiger partial charge >= 0.3 is 0 Å². The highest BCUT2D eigenvalue weighted by Crippen LogP contribution is 2.31. The lowest BCUT2D eigenvalue weighted by molar-refractivity contribution is -0.125. The molecule has 1 amide bonds. The molecule has 0 spiro atoms. The van der Waals surface area contributed by atoms with Crippen molar-refractivity contribution in [2.24, 2.45) is 0 Å².